The lowest BCUT2D eigenvalue weighted by molar-refractivity contribution is 0.112. The van der Waals surface area contributed by atoms with E-state index in [0.717, 1.165) is 36.7 Å². The highest BCUT2D eigenvalue weighted by atomic mass is 35.5. The van der Waals surface area contributed by atoms with E-state index in [4.69, 9.17) is 17.3 Å². The third-order valence-corrected chi connectivity index (χ3v) is 4.03. The number of hydrogen-bond acceptors (Lipinski definition) is 3. The van der Waals surface area contributed by atoms with Crippen LogP contribution in [0.25, 0.3) is 11.0 Å². The fraction of sp³-hybridized carbons (Fsp3) is 0.462. The summed E-state index contributed by atoms with van der Waals surface area (Å²) in [4.78, 5) is 4.35. The third kappa shape index (κ3) is 1.85. The quantitative estimate of drug-likeness (QED) is 0.833. The molecule has 0 bridgehead atoms. The molecule has 1 heterocycles. The van der Waals surface area contributed by atoms with Gasteiger partial charge in [0.05, 0.1) is 16.6 Å². The van der Waals surface area contributed by atoms with Gasteiger partial charge in [-0.2, -0.15) is 0 Å². The average Bonchev–Trinajstić information content (AvgIpc) is 2.69. The highest BCUT2D eigenvalue weighted by Gasteiger charge is 2.24. The molecule has 96 valence electrons. The van der Waals surface area contributed by atoms with E-state index in [1.165, 1.54) is 0 Å². The maximum absolute atomic E-state index is 9.57. The number of benzene rings is 1. The van der Waals surface area contributed by atoms with Crippen LogP contribution in [0, 0.1) is 0 Å². The van der Waals surface area contributed by atoms with Gasteiger partial charge in [0.15, 0.2) is 0 Å². The van der Waals surface area contributed by atoms with Crippen LogP contribution < -0.4 is 5.73 Å². The van der Waals surface area contributed by atoms with E-state index >= 15 is 0 Å². The number of hydrogen-bond donors (Lipinski definition) is 2. The molecule has 0 spiro atoms. The van der Waals surface area contributed by atoms with E-state index in [-0.39, 0.29) is 6.10 Å². The van der Waals surface area contributed by atoms with Gasteiger partial charge in [0, 0.05) is 6.04 Å². The van der Waals surface area contributed by atoms with Crippen LogP contribution in [0.3, 0.4) is 0 Å². The molecule has 0 saturated heterocycles. The third-order valence-electron chi connectivity index (χ3n) is 3.73. The number of nitrogen functional groups attached to an aromatic ring is 1. The zero-order chi connectivity index (χ0) is 12.7. The van der Waals surface area contributed by atoms with E-state index < -0.39 is 0 Å². The molecule has 2 aromatic rings. The Morgan fingerprint density at radius 2 is 2.00 bits per heavy atom. The Bertz CT molecular complexity index is 573. The summed E-state index contributed by atoms with van der Waals surface area (Å²) in [6.07, 6.45) is 3.35. The molecule has 1 aromatic heterocycles. The molecule has 1 saturated carbocycles. The highest BCUT2D eigenvalue weighted by Crippen LogP contribution is 2.35. The Hall–Kier alpha value is -1.26. The molecular weight excluding hydrogens is 250 g/mol. The monoisotopic (exact) mass is 265 g/mol. The minimum Gasteiger partial charge on any atom is -0.393 e. The predicted octanol–water partition coefficient (Wildman–Crippen LogP) is 2.75. The fourth-order valence-electron chi connectivity index (χ4n) is 2.80. The van der Waals surface area contributed by atoms with E-state index in [1.54, 1.807) is 0 Å². The van der Waals surface area contributed by atoms with Crippen LogP contribution in [0.5, 0.6) is 0 Å². The van der Waals surface area contributed by atoms with Gasteiger partial charge in [0.25, 0.3) is 0 Å². The Morgan fingerprint density at radius 1 is 1.28 bits per heavy atom. The van der Waals surface area contributed by atoms with Crippen molar-refractivity contribution < 1.29 is 5.11 Å². The molecule has 3 rings (SSSR count). The molecule has 1 aromatic carbocycles. The normalized spacial score (nSPS) is 24.6. The minimum atomic E-state index is -0.166. The number of imidazole rings is 1. The van der Waals surface area contributed by atoms with E-state index in [0.29, 0.717) is 17.0 Å². The van der Waals surface area contributed by atoms with Gasteiger partial charge in [0.2, 0.25) is 5.95 Å². The first-order chi connectivity index (χ1) is 8.66. The second kappa shape index (κ2) is 4.44. The average molecular weight is 266 g/mol. The SMILES string of the molecule is Nc1nc2c(Cl)cccc2n1C1CCC(O)CC1. The first-order valence-corrected chi connectivity index (χ1v) is 6.64. The molecule has 0 unspecified atom stereocenters. The maximum atomic E-state index is 9.57. The van der Waals surface area contributed by atoms with Crippen molar-refractivity contribution in [3.05, 3.63) is 23.2 Å². The number of aliphatic hydroxyl groups excluding tert-OH is 1. The van der Waals surface area contributed by atoms with Crippen LogP contribution in [0.4, 0.5) is 5.95 Å². The van der Waals surface area contributed by atoms with E-state index in [9.17, 15) is 5.11 Å². The Kier molecular flexibility index (Phi) is 2.92. The van der Waals surface area contributed by atoms with Crippen molar-refractivity contribution in [1.29, 1.82) is 0 Å². The largest absolute Gasteiger partial charge is 0.393 e. The number of nitrogens with zero attached hydrogens (tertiary/aromatic N) is 2. The van der Waals surface area contributed by atoms with Gasteiger partial charge in [-0.3, -0.25) is 0 Å². The molecule has 3 N–H and O–H groups in total. The lowest BCUT2D eigenvalue weighted by Crippen LogP contribution is -2.21. The summed E-state index contributed by atoms with van der Waals surface area (Å²) in [6, 6.07) is 6.05. The number of nitrogens with two attached hydrogens (primary N) is 1. The minimum absolute atomic E-state index is 0.166. The van der Waals surface area contributed by atoms with Crippen LogP contribution in [0.2, 0.25) is 5.02 Å². The second-order valence-electron chi connectivity index (χ2n) is 4.91. The number of para-hydroxylation sites is 1. The van der Waals surface area contributed by atoms with Crippen molar-refractivity contribution in [2.45, 2.75) is 37.8 Å². The number of rotatable bonds is 1. The van der Waals surface area contributed by atoms with Crippen LogP contribution in [-0.4, -0.2) is 20.8 Å². The van der Waals surface area contributed by atoms with Crippen molar-refractivity contribution in [3.8, 4) is 0 Å². The van der Waals surface area contributed by atoms with Gasteiger partial charge in [-0.05, 0) is 37.8 Å². The molecule has 0 radical (unpaired) electrons. The standard InChI is InChI=1S/C13H16ClN3O/c14-10-2-1-3-11-12(10)16-13(15)17(11)8-4-6-9(18)7-5-8/h1-3,8-9,18H,4-7H2,(H2,15,16). The van der Waals surface area contributed by atoms with Crippen LogP contribution in [0.15, 0.2) is 18.2 Å². The lowest BCUT2D eigenvalue weighted by atomic mass is 9.93. The van der Waals surface area contributed by atoms with Crippen molar-refractivity contribution >= 4 is 28.6 Å². The molecule has 0 aliphatic heterocycles. The fourth-order valence-corrected chi connectivity index (χ4v) is 3.01. The molecule has 0 atom stereocenters. The summed E-state index contributed by atoms with van der Waals surface area (Å²) in [5.74, 6) is 0.513. The molecule has 18 heavy (non-hydrogen) atoms. The smallest absolute Gasteiger partial charge is 0.201 e. The summed E-state index contributed by atoms with van der Waals surface area (Å²) in [5.41, 5.74) is 7.77. The molecule has 1 aliphatic rings. The zero-order valence-corrected chi connectivity index (χ0v) is 10.8. The molecule has 1 aliphatic carbocycles. The van der Waals surface area contributed by atoms with E-state index in [2.05, 4.69) is 9.55 Å². The summed E-state index contributed by atoms with van der Waals surface area (Å²) in [7, 11) is 0. The topological polar surface area (TPSA) is 64.1 Å². The predicted molar refractivity (Wildman–Crippen MR) is 72.7 cm³/mol. The maximum Gasteiger partial charge on any atom is 0.201 e. The Morgan fingerprint density at radius 3 is 2.72 bits per heavy atom. The molecule has 1 fully saturated rings. The lowest BCUT2D eigenvalue weighted by Gasteiger charge is -2.27. The van der Waals surface area contributed by atoms with Gasteiger partial charge < -0.3 is 15.4 Å². The summed E-state index contributed by atoms with van der Waals surface area (Å²) >= 11 is 6.13. The van der Waals surface area contributed by atoms with Crippen molar-refractivity contribution in [1.82, 2.24) is 9.55 Å². The summed E-state index contributed by atoms with van der Waals surface area (Å²) in [5, 5.41) is 10.2. The second-order valence-corrected chi connectivity index (χ2v) is 5.32. The van der Waals surface area contributed by atoms with Gasteiger partial charge in [0.1, 0.15) is 5.52 Å². The van der Waals surface area contributed by atoms with Gasteiger partial charge in [-0.15, -0.1) is 0 Å². The van der Waals surface area contributed by atoms with E-state index in [1.807, 2.05) is 18.2 Å². The van der Waals surface area contributed by atoms with Crippen molar-refractivity contribution in [2.75, 3.05) is 5.73 Å². The van der Waals surface area contributed by atoms with Gasteiger partial charge in [-0.1, -0.05) is 17.7 Å². The first-order valence-electron chi connectivity index (χ1n) is 6.27. The number of aliphatic hydroxyl groups is 1. The Balaban J connectivity index is 2.06. The number of aromatic nitrogens is 2. The van der Waals surface area contributed by atoms with Crippen LogP contribution in [-0.2, 0) is 0 Å². The van der Waals surface area contributed by atoms with Gasteiger partial charge >= 0.3 is 0 Å². The molecule has 4 nitrogen and oxygen atoms in total. The molecular formula is C13H16ClN3O. The first kappa shape index (κ1) is 11.8. The summed E-state index contributed by atoms with van der Waals surface area (Å²) < 4.78 is 2.06. The highest BCUT2D eigenvalue weighted by molar-refractivity contribution is 6.35. The number of halogens is 1. The number of fused-ring (bicyclic) bond motifs is 1. The zero-order valence-electron chi connectivity index (χ0n) is 10.0. The Labute approximate surface area is 110 Å². The van der Waals surface area contributed by atoms with Crippen molar-refractivity contribution in [2.24, 2.45) is 0 Å². The van der Waals surface area contributed by atoms with Crippen molar-refractivity contribution in [3.63, 3.8) is 0 Å². The van der Waals surface area contributed by atoms with Crippen LogP contribution in [0.1, 0.15) is 31.7 Å². The van der Waals surface area contributed by atoms with Crippen LogP contribution >= 0.6 is 11.6 Å². The summed E-state index contributed by atoms with van der Waals surface area (Å²) in [6.45, 7) is 0. The van der Waals surface area contributed by atoms with Gasteiger partial charge in [-0.25, -0.2) is 4.98 Å². The number of anilines is 1. The molecule has 5 heteroatoms. The molecule has 0 amide bonds.